The predicted octanol–water partition coefficient (Wildman–Crippen LogP) is 3.14. The minimum absolute atomic E-state index is 0.198. The molecule has 3 fully saturated rings. The summed E-state index contributed by atoms with van der Waals surface area (Å²) in [4.78, 5) is 17.5. The van der Waals surface area contributed by atoms with Gasteiger partial charge in [0.2, 0.25) is 5.91 Å². The highest BCUT2D eigenvalue weighted by atomic mass is 16.5. The van der Waals surface area contributed by atoms with Crippen molar-refractivity contribution in [2.24, 2.45) is 11.3 Å². The van der Waals surface area contributed by atoms with Crippen LogP contribution in [-0.4, -0.2) is 62.1 Å². The molecular weight excluding hydrogens is 324 g/mol. The van der Waals surface area contributed by atoms with Crippen molar-refractivity contribution < 1.29 is 9.53 Å². The molecule has 4 nitrogen and oxygen atoms in total. The van der Waals surface area contributed by atoms with Gasteiger partial charge in [0.05, 0.1) is 0 Å². The van der Waals surface area contributed by atoms with Gasteiger partial charge < -0.3 is 14.5 Å². The summed E-state index contributed by atoms with van der Waals surface area (Å²) in [6.07, 6.45) is 5.37. The number of hydrogen-bond donors (Lipinski definition) is 0. The van der Waals surface area contributed by atoms with Gasteiger partial charge in [-0.25, -0.2) is 0 Å². The Kier molecular flexibility index (Phi) is 5.32. The van der Waals surface area contributed by atoms with Gasteiger partial charge in [0, 0.05) is 45.3 Å². The summed E-state index contributed by atoms with van der Waals surface area (Å²) in [5.41, 5.74) is 1.85. The molecule has 1 aromatic carbocycles. The summed E-state index contributed by atoms with van der Waals surface area (Å²) < 4.78 is 5.42. The van der Waals surface area contributed by atoms with E-state index in [9.17, 15) is 4.79 Å². The van der Waals surface area contributed by atoms with Gasteiger partial charge in [0.15, 0.2) is 0 Å². The van der Waals surface area contributed by atoms with E-state index >= 15 is 0 Å². The summed E-state index contributed by atoms with van der Waals surface area (Å²) >= 11 is 0. The topological polar surface area (TPSA) is 32.8 Å². The Morgan fingerprint density at radius 1 is 1.12 bits per heavy atom. The molecule has 3 aliphatic heterocycles. The fourth-order valence-electron chi connectivity index (χ4n) is 5.38. The van der Waals surface area contributed by atoms with Crippen LogP contribution in [0.4, 0.5) is 0 Å². The Balaban J connectivity index is 1.39. The SMILES string of the molecule is CN1CC(c2ccccc2)CC2(CCN(C(=O)C3CCOCC3)CC2)C1. The molecule has 0 aromatic heterocycles. The van der Waals surface area contributed by atoms with Gasteiger partial charge in [0.25, 0.3) is 0 Å². The van der Waals surface area contributed by atoms with Crippen LogP contribution in [0.2, 0.25) is 0 Å². The first kappa shape index (κ1) is 18.0. The lowest BCUT2D eigenvalue weighted by Gasteiger charge is -2.50. The molecule has 1 spiro atoms. The van der Waals surface area contributed by atoms with Crippen molar-refractivity contribution in [1.29, 1.82) is 0 Å². The third-order valence-corrected chi connectivity index (χ3v) is 6.79. The number of carbonyl (C=O) groups excluding carboxylic acids is 1. The van der Waals surface area contributed by atoms with Crippen molar-refractivity contribution >= 4 is 5.91 Å². The molecule has 4 heteroatoms. The molecule has 1 unspecified atom stereocenters. The molecule has 0 N–H and O–H groups in total. The molecule has 0 aliphatic carbocycles. The molecule has 3 saturated heterocycles. The lowest BCUT2D eigenvalue weighted by atomic mass is 9.68. The van der Waals surface area contributed by atoms with Crippen LogP contribution in [0.5, 0.6) is 0 Å². The van der Waals surface area contributed by atoms with E-state index in [1.165, 1.54) is 18.5 Å². The summed E-state index contributed by atoms with van der Waals surface area (Å²) in [7, 11) is 2.26. The maximum Gasteiger partial charge on any atom is 0.225 e. The molecule has 26 heavy (non-hydrogen) atoms. The molecule has 1 amide bonds. The standard InChI is InChI=1S/C22H32N2O2/c1-23-16-20(18-5-3-2-4-6-18)15-22(17-23)9-11-24(12-10-22)21(25)19-7-13-26-14-8-19/h2-6,19-20H,7-17H2,1H3. The number of nitrogens with zero attached hydrogens (tertiary/aromatic N) is 2. The normalized spacial score (nSPS) is 27.6. The molecular formula is C22H32N2O2. The van der Waals surface area contributed by atoms with E-state index in [4.69, 9.17) is 4.74 Å². The third-order valence-electron chi connectivity index (χ3n) is 6.79. The Hall–Kier alpha value is -1.39. The number of hydrogen-bond acceptors (Lipinski definition) is 3. The molecule has 1 atom stereocenters. The number of ether oxygens (including phenoxy) is 1. The second-order valence-corrected chi connectivity index (χ2v) is 8.72. The van der Waals surface area contributed by atoms with Gasteiger partial charge in [-0.3, -0.25) is 4.79 Å². The van der Waals surface area contributed by atoms with Crippen LogP contribution in [0.15, 0.2) is 30.3 Å². The fourth-order valence-corrected chi connectivity index (χ4v) is 5.38. The highest BCUT2D eigenvalue weighted by Gasteiger charge is 2.42. The van der Waals surface area contributed by atoms with Crippen LogP contribution in [-0.2, 0) is 9.53 Å². The van der Waals surface area contributed by atoms with Crippen LogP contribution >= 0.6 is 0 Å². The van der Waals surface area contributed by atoms with Gasteiger partial charge in [-0.1, -0.05) is 30.3 Å². The van der Waals surface area contributed by atoms with Crippen molar-refractivity contribution in [3.05, 3.63) is 35.9 Å². The molecule has 0 saturated carbocycles. The lowest BCUT2D eigenvalue weighted by molar-refractivity contribution is -0.141. The van der Waals surface area contributed by atoms with E-state index in [0.717, 1.165) is 58.5 Å². The smallest absolute Gasteiger partial charge is 0.225 e. The summed E-state index contributed by atoms with van der Waals surface area (Å²) in [6.45, 7) is 5.69. The second-order valence-electron chi connectivity index (χ2n) is 8.72. The number of likely N-dealkylation sites (tertiary alicyclic amines) is 2. The Morgan fingerprint density at radius 3 is 2.50 bits per heavy atom. The Bertz CT molecular complexity index is 604. The maximum atomic E-state index is 12.8. The summed E-state index contributed by atoms with van der Waals surface area (Å²) in [5.74, 6) is 1.20. The van der Waals surface area contributed by atoms with E-state index in [0.29, 0.717) is 17.2 Å². The second kappa shape index (κ2) is 7.69. The molecule has 3 heterocycles. The molecule has 0 radical (unpaired) electrons. The quantitative estimate of drug-likeness (QED) is 0.816. The number of amides is 1. The van der Waals surface area contributed by atoms with Crippen molar-refractivity contribution in [2.45, 2.75) is 38.0 Å². The van der Waals surface area contributed by atoms with E-state index in [2.05, 4.69) is 47.2 Å². The average Bonchev–Trinajstić information content (AvgIpc) is 2.69. The number of piperidine rings is 2. The van der Waals surface area contributed by atoms with Crippen LogP contribution < -0.4 is 0 Å². The zero-order valence-electron chi connectivity index (χ0n) is 16.0. The molecule has 4 rings (SSSR count). The first-order chi connectivity index (χ1) is 12.7. The first-order valence-electron chi connectivity index (χ1n) is 10.3. The van der Waals surface area contributed by atoms with Crippen molar-refractivity contribution in [3.8, 4) is 0 Å². The molecule has 0 bridgehead atoms. The highest BCUT2D eigenvalue weighted by molar-refractivity contribution is 5.79. The number of rotatable bonds is 2. The predicted molar refractivity (Wildman–Crippen MR) is 103 cm³/mol. The van der Waals surface area contributed by atoms with E-state index in [1.54, 1.807) is 0 Å². The average molecular weight is 357 g/mol. The Morgan fingerprint density at radius 2 is 1.81 bits per heavy atom. The van der Waals surface area contributed by atoms with Crippen LogP contribution in [0.3, 0.4) is 0 Å². The van der Waals surface area contributed by atoms with Gasteiger partial charge in [0.1, 0.15) is 0 Å². The molecule has 1 aromatic rings. The first-order valence-corrected chi connectivity index (χ1v) is 10.3. The summed E-state index contributed by atoms with van der Waals surface area (Å²) in [5, 5.41) is 0. The minimum atomic E-state index is 0.198. The lowest BCUT2D eigenvalue weighted by Crippen LogP contribution is -2.52. The van der Waals surface area contributed by atoms with Crippen LogP contribution in [0.1, 0.15) is 43.6 Å². The van der Waals surface area contributed by atoms with Crippen LogP contribution in [0, 0.1) is 11.3 Å². The van der Waals surface area contributed by atoms with Crippen molar-refractivity contribution in [2.75, 3.05) is 46.4 Å². The number of carbonyl (C=O) groups is 1. The largest absolute Gasteiger partial charge is 0.381 e. The van der Waals surface area contributed by atoms with E-state index in [-0.39, 0.29) is 5.92 Å². The minimum Gasteiger partial charge on any atom is -0.381 e. The maximum absolute atomic E-state index is 12.8. The highest BCUT2D eigenvalue weighted by Crippen LogP contribution is 2.44. The zero-order chi connectivity index (χ0) is 18.0. The monoisotopic (exact) mass is 356 g/mol. The van der Waals surface area contributed by atoms with E-state index in [1.807, 2.05) is 0 Å². The van der Waals surface area contributed by atoms with Gasteiger partial charge in [-0.15, -0.1) is 0 Å². The zero-order valence-corrected chi connectivity index (χ0v) is 16.0. The third kappa shape index (κ3) is 3.81. The van der Waals surface area contributed by atoms with Crippen molar-refractivity contribution in [3.63, 3.8) is 0 Å². The van der Waals surface area contributed by atoms with Gasteiger partial charge in [-0.2, -0.15) is 0 Å². The molecule has 3 aliphatic rings. The van der Waals surface area contributed by atoms with Crippen molar-refractivity contribution in [1.82, 2.24) is 9.80 Å². The van der Waals surface area contributed by atoms with Crippen LogP contribution in [0.25, 0.3) is 0 Å². The number of benzene rings is 1. The van der Waals surface area contributed by atoms with E-state index < -0.39 is 0 Å². The van der Waals surface area contributed by atoms with Gasteiger partial charge >= 0.3 is 0 Å². The number of likely N-dealkylation sites (N-methyl/N-ethyl adjacent to an activating group) is 1. The Labute approximate surface area is 157 Å². The molecule has 142 valence electrons. The van der Waals surface area contributed by atoms with Gasteiger partial charge in [-0.05, 0) is 56.0 Å². The summed E-state index contributed by atoms with van der Waals surface area (Å²) in [6, 6.07) is 11.0. The fraction of sp³-hybridized carbons (Fsp3) is 0.682.